The Morgan fingerprint density at radius 1 is 1.23 bits per heavy atom. The molecule has 0 radical (unpaired) electrons. The molecule has 4 rings (SSSR count). The molecule has 9 heteroatoms. The van der Waals surface area contributed by atoms with E-state index in [9.17, 15) is 18.8 Å². The summed E-state index contributed by atoms with van der Waals surface area (Å²) in [6.45, 7) is 4.14. The molecule has 2 aliphatic rings. The molecule has 2 amide bonds. The van der Waals surface area contributed by atoms with E-state index in [2.05, 4.69) is 34.4 Å². The summed E-state index contributed by atoms with van der Waals surface area (Å²) < 4.78 is 13.4. The fraction of sp³-hybridized carbons (Fsp3) is 0.429. The van der Waals surface area contributed by atoms with E-state index in [1.54, 1.807) is 0 Å². The van der Waals surface area contributed by atoms with Crippen LogP contribution < -0.4 is 21.1 Å². The summed E-state index contributed by atoms with van der Waals surface area (Å²) in [5.74, 6) is -1.97. The molecule has 0 spiro atoms. The zero-order valence-corrected chi connectivity index (χ0v) is 16.9. The van der Waals surface area contributed by atoms with E-state index in [0.717, 1.165) is 19.3 Å². The second-order valence-electron chi connectivity index (χ2n) is 7.99. The molecule has 1 aromatic carbocycles. The maximum Gasteiger partial charge on any atom is 0.258 e. The van der Waals surface area contributed by atoms with Gasteiger partial charge in [0.25, 0.3) is 5.56 Å². The number of fused-ring (bicyclic) bond motifs is 1. The van der Waals surface area contributed by atoms with E-state index in [4.69, 9.17) is 0 Å². The van der Waals surface area contributed by atoms with Crippen LogP contribution in [0.15, 0.2) is 29.1 Å². The minimum absolute atomic E-state index is 0.106. The van der Waals surface area contributed by atoms with Gasteiger partial charge < -0.3 is 15.5 Å². The third kappa shape index (κ3) is 3.79. The Hall–Kier alpha value is -3.23. The van der Waals surface area contributed by atoms with Crippen molar-refractivity contribution >= 4 is 29.3 Å². The number of carbonyl (C=O) groups is 2. The number of benzene rings is 1. The van der Waals surface area contributed by atoms with Gasteiger partial charge in [0, 0.05) is 24.2 Å². The van der Waals surface area contributed by atoms with Crippen LogP contribution in [0.3, 0.4) is 0 Å². The number of nitrogens with zero attached hydrogens (tertiary/aromatic N) is 2. The van der Waals surface area contributed by atoms with Crippen molar-refractivity contribution in [3.63, 3.8) is 0 Å². The van der Waals surface area contributed by atoms with E-state index < -0.39 is 29.1 Å². The van der Waals surface area contributed by atoms with Gasteiger partial charge in [0.1, 0.15) is 11.6 Å². The predicted molar refractivity (Wildman–Crippen MR) is 111 cm³/mol. The Morgan fingerprint density at radius 2 is 1.97 bits per heavy atom. The number of nitrogens with one attached hydrogen (secondary N) is 3. The lowest BCUT2D eigenvalue weighted by Crippen LogP contribution is -2.46. The molecule has 2 aliphatic heterocycles. The maximum atomic E-state index is 13.4. The molecule has 0 saturated carbocycles. The van der Waals surface area contributed by atoms with Crippen LogP contribution in [0, 0.1) is 5.82 Å². The van der Waals surface area contributed by atoms with Gasteiger partial charge in [-0.15, -0.1) is 0 Å². The van der Waals surface area contributed by atoms with Gasteiger partial charge in [0.05, 0.1) is 11.5 Å². The third-order valence-corrected chi connectivity index (χ3v) is 5.79. The van der Waals surface area contributed by atoms with Crippen LogP contribution in [0.25, 0.3) is 0 Å². The molecule has 0 unspecified atom stereocenters. The molecular formula is C21H24FN5O3. The van der Waals surface area contributed by atoms with Crippen LogP contribution in [0.1, 0.15) is 51.0 Å². The second kappa shape index (κ2) is 7.89. The summed E-state index contributed by atoms with van der Waals surface area (Å²) in [6, 6.07) is 5.83. The molecule has 158 valence electrons. The molecule has 1 fully saturated rings. The maximum absolute atomic E-state index is 13.4. The van der Waals surface area contributed by atoms with Gasteiger partial charge in [-0.2, -0.15) is 4.98 Å². The number of aromatic nitrogens is 2. The first-order valence-corrected chi connectivity index (χ1v) is 10.1. The third-order valence-electron chi connectivity index (χ3n) is 5.79. The standard InChI is InChI=1S/C21H24FN5O3/c1-11-5-3-6-12(2)27(11)21-25-18-17(20(30)26-21)15(10-16(28)24-18)19(29)23-14-8-4-7-13(22)9-14/h4,7-9,11-12,15H,3,5-6,10H2,1-2H3,(H,23,29)(H2,24,25,26,28,30)/t11-,12+,15-/m1/s1. The number of hydrogen-bond donors (Lipinski definition) is 3. The highest BCUT2D eigenvalue weighted by Gasteiger charge is 2.36. The number of aromatic amines is 1. The van der Waals surface area contributed by atoms with Gasteiger partial charge >= 0.3 is 0 Å². The summed E-state index contributed by atoms with van der Waals surface area (Å²) in [5, 5.41) is 5.21. The Bertz CT molecular complexity index is 1040. The molecule has 1 saturated heterocycles. The first-order valence-electron chi connectivity index (χ1n) is 10.1. The van der Waals surface area contributed by atoms with Crippen molar-refractivity contribution in [2.75, 3.05) is 15.5 Å². The van der Waals surface area contributed by atoms with E-state index in [-0.39, 0.29) is 35.6 Å². The van der Waals surface area contributed by atoms with Crippen molar-refractivity contribution in [1.29, 1.82) is 0 Å². The van der Waals surface area contributed by atoms with Crippen molar-refractivity contribution in [1.82, 2.24) is 9.97 Å². The van der Waals surface area contributed by atoms with Crippen molar-refractivity contribution in [2.24, 2.45) is 0 Å². The van der Waals surface area contributed by atoms with Crippen LogP contribution in [0.5, 0.6) is 0 Å². The van der Waals surface area contributed by atoms with Gasteiger partial charge in [0.2, 0.25) is 17.8 Å². The largest absolute Gasteiger partial charge is 0.337 e. The summed E-state index contributed by atoms with van der Waals surface area (Å²) in [6.07, 6.45) is 2.88. The predicted octanol–water partition coefficient (Wildman–Crippen LogP) is 2.74. The van der Waals surface area contributed by atoms with Crippen LogP contribution in [0.4, 0.5) is 21.8 Å². The first-order chi connectivity index (χ1) is 14.3. The topological polar surface area (TPSA) is 107 Å². The van der Waals surface area contributed by atoms with Crippen LogP contribution in [-0.2, 0) is 9.59 Å². The summed E-state index contributed by atoms with van der Waals surface area (Å²) in [7, 11) is 0. The highest BCUT2D eigenvalue weighted by Crippen LogP contribution is 2.32. The summed E-state index contributed by atoms with van der Waals surface area (Å²) in [4.78, 5) is 47.4. The fourth-order valence-corrected chi connectivity index (χ4v) is 4.34. The average molecular weight is 413 g/mol. The Morgan fingerprint density at radius 3 is 2.67 bits per heavy atom. The number of anilines is 3. The highest BCUT2D eigenvalue weighted by atomic mass is 19.1. The highest BCUT2D eigenvalue weighted by molar-refractivity contribution is 6.04. The van der Waals surface area contributed by atoms with Gasteiger partial charge in [-0.05, 0) is 51.3 Å². The molecular weight excluding hydrogens is 389 g/mol. The molecule has 0 bridgehead atoms. The molecule has 1 aromatic heterocycles. The fourth-order valence-electron chi connectivity index (χ4n) is 4.34. The Labute approximate surface area is 172 Å². The van der Waals surface area contributed by atoms with Crippen molar-refractivity contribution in [2.45, 2.75) is 57.5 Å². The van der Waals surface area contributed by atoms with Gasteiger partial charge in [0.15, 0.2) is 0 Å². The average Bonchev–Trinajstić information content (AvgIpc) is 2.67. The number of amides is 2. The second-order valence-corrected chi connectivity index (χ2v) is 7.99. The lowest BCUT2D eigenvalue weighted by Gasteiger charge is -2.39. The Balaban J connectivity index is 1.68. The van der Waals surface area contributed by atoms with Crippen molar-refractivity contribution in [3.05, 3.63) is 46.0 Å². The number of H-pyrrole nitrogens is 1. The minimum Gasteiger partial charge on any atom is -0.337 e. The molecule has 3 N–H and O–H groups in total. The van der Waals surface area contributed by atoms with Gasteiger partial charge in [-0.1, -0.05) is 6.07 Å². The lowest BCUT2D eigenvalue weighted by atomic mass is 9.92. The number of hydrogen-bond acceptors (Lipinski definition) is 5. The molecule has 3 atom stereocenters. The van der Waals surface area contributed by atoms with E-state index in [0.29, 0.717) is 5.95 Å². The zero-order chi connectivity index (χ0) is 21.4. The molecule has 0 aliphatic carbocycles. The first kappa shape index (κ1) is 20.1. The van der Waals surface area contributed by atoms with E-state index >= 15 is 0 Å². The number of rotatable bonds is 3. The van der Waals surface area contributed by atoms with Crippen LogP contribution >= 0.6 is 0 Å². The SMILES string of the molecule is C[C@@H]1CCC[C@H](C)N1c1nc2c(c(=O)[nH]1)[C@H](C(=O)Nc1cccc(F)c1)CC(=O)N2. The van der Waals surface area contributed by atoms with Gasteiger partial charge in [-0.25, -0.2) is 4.39 Å². The van der Waals surface area contributed by atoms with E-state index in [1.165, 1.54) is 24.3 Å². The normalized spacial score (nSPS) is 23.5. The molecule has 30 heavy (non-hydrogen) atoms. The smallest absolute Gasteiger partial charge is 0.258 e. The van der Waals surface area contributed by atoms with Crippen molar-refractivity contribution < 1.29 is 14.0 Å². The molecule has 3 heterocycles. The van der Waals surface area contributed by atoms with Crippen molar-refractivity contribution in [3.8, 4) is 0 Å². The summed E-state index contributed by atoms with van der Waals surface area (Å²) in [5.41, 5.74) is -0.0894. The Kier molecular flexibility index (Phi) is 5.27. The number of piperidine rings is 1. The minimum atomic E-state index is -1.02. The lowest BCUT2D eigenvalue weighted by molar-refractivity contribution is -0.123. The zero-order valence-electron chi connectivity index (χ0n) is 16.9. The van der Waals surface area contributed by atoms with Crippen LogP contribution in [-0.4, -0.2) is 33.9 Å². The quantitative estimate of drug-likeness (QED) is 0.717. The molecule has 8 nitrogen and oxygen atoms in total. The number of halogens is 1. The van der Waals surface area contributed by atoms with Gasteiger partial charge in [-0.3, -0.25) is 19.4 Å². The van der Waals surface area contributed by atoms with Crippen LogP contribution in [0.2, 0.25) is 0 Å². The number of carbonyl (C=O) groups excluding carboxylic acids is 2. The summed E-state index contributed by atoms with van der Waals surface area (Å²) >= 11 is 0. The molecule has 2 aromatic rings. The monoisotopic (exact) mass is 413 g/mol. The van der Waals surface area contributed by atoms with E-state index in [1.807, 2.05) is 4.90 Å².